The van der Waals surface area contributed by atoms with E-state index in [0.29, 0.717) is 12.2 Å². The van der Waals surface area contributed by atoms with Gasteiger partial charge in [0, 0.05) is 24.2 Å². The van der Waals surface area contributed by atoms with Crippen molar-refractivity contribution in [2.24, 2.45) is 0 Å². The van der Waals surface area contributed by atoms with Crippen LogP contribution in [0.2, 0.25) is 0 Å². The number of nitrogens with zero attached hydrogens (tertiary/aromatic N) is 3. The summed E-state index contributed by atoms with van der Waals surface area (Å²) in [5.41, 5.74) is 5.78. The van der Waals surface area contributed by atoms with E-state index in [-0.39, 0.29) is 29.1 Å². The fourth-order valence-corrected chi connectivity index (χ4v) is 4.67. The minimum absolute atomic E-state index is 0.164. The second-order valence-electron chi connectivity index (χ2n) is 8.96. The number of ether oxygens (including phenoxy) is 1. The highest BCUT2D eigenvalue weighted by atomic mass is 16.6. The lowest BCUT2D eigenvalue weighted by Crippen LogP contribution is -2.07. The summed E-state index contributed by atoms with van der Waals surface area (Å²) in [4.78, 5) is 37.7. The van der Waals surface area contributed by atoms with Crippen molar-refractivity contribution in [1.29, 1.82) is 0 Å². The number of non-ortho nitro benzene ring substituents is 1. The van der Waals surface area contributed by atoms with E-state index in [2.05, 4.69) is 6.07 Å². The maximum absolute atomic E-state index is 13.8. The average Bonchev–Trinajstić information content (AvgIpc) is 3.41. The maximum atomic E-state index is 13.8. The Morgan fingerprint density at radius 3 is 2.30 bits per heavy atom. The molecule has 0 saturated heterocycles. The van der Waals surface area contributed by atoms with Gasteiger partial charge in [0.05, 0.1) is 28.3 Å². The van der Waals surface area contributed by atoms with E-state index < -0.39 is 16.7 Å². The monoisotopic (exact) mass is 495 g/mol. The normalized spacial score (nSPS) is 11.2. The van der Waals surface area contributed by atoms with Crippen LogP contribution < -0.4 is 0 Å². The van der Waals surface area contributed by atoms with E-state index >= 15 is 0 Å². The molecular weight excluding hydrogens is 470 g/mol. The Morgan fingerprint density at radius 1 is 0.919 bits per heavy atom. The molecule has 0 bridgehead atoms. The number of benzene rings is 3. The first-order valence-corrected chi connectivity index (χ1v) is 11.9. The SMILES string of the molecule is CCOC(=O)c1cc(C(=O)c2cccc([N+](=O)[O-])c2)n2c3cc(C)c(C)cc3n(Cc3ccccc3)c12. The van der Waals surface area contributed by atoms with Crippen molar-refractivity contribution >= 4 is 34.1 Å². The topological polar surface area (TPSA) is 95.8 Å². The van der Waals surface area contributed by atoms with Crippen LogP contribution >= 0.6 is 0 Å². The number of hydrogen-bond donors (Lipinski definition) is 0. The quantitative estimate of drug-likeness (QED) is 0.122. The van der Waals surface area contributed by atoms with Gasteiger partial charge in [-0.15, -0.1) is 0 Å². The van der Waals surface area contributed by atoms with Crippen LogP contribution in [-0.4, -0.2) is 32.3 Å². The van der Waals surface area contributed by atoms with Gasteiger partial charge in [0.25, 0.3) is 5.69 Å². The minimum Gasteiger partial charge on any atom is -0.462 e. The number of carbonyl (C=O) groups excluding carboxylic acids is 2. The Kier molecular flexibility index (Phi) is 6.09. The van der Waals surface area contributed by atoms with Crippen molar-refractivity contribution in [3.8, 4) is 0 Å². The largest absolute Gasteiger partial charge is 0.462 e. The molecule has 37 heavy (non-hydrogen) atoms. The molecule has 2 aromatic heterocycles. The van der Waals surface area contributed by atoms with Crippen LogP contribution in [0.5, 0.6) is 0 Å². The molecule has 0 spiro atoms. The highest BCUT2D eigenvalue weighted by Crippen LogP contribution is 2.32. The fourth-order valence-electron chi connectivity index (χ4n) is 4.67. The molecule has 0 aliphatic heterocycles. The molecular formula is C29H25N3O5. The molecule has 0 fully saturated rings. The third kappa shape index (κ3) is 4.16. The maximum Gasteiger partial charge on any atom is 0.341 e. The zero-order valence-corrected chi connectivity index (χ0v) is 20.7. The second kappa shape index (κ2) is 9.39. The number of aryl methyl sites for hydroxylation is 2. The number of aromatic nitrogens is 2. The molecule has 8 heteroatoms. The lowest BCUT2D eigenvalue weighted by molar-refractivity contribution is -0.384. The predicted molar refractivity (Wildman–Crippen MR) is 140 cm³/mol. The van der Waals surface area contributed by atoms with E-state index in [4.69, 9.17) is 4.74 Å². The Labute approximate surface area is 212 Å². The van der Waals surface area contributed by atoms with Crippen LogP contribution in [0.15, 0.2) is 72.8 Å². The van der Waals surface area contributed by atoms with Gasteiger partial charge in [-0.25, -0.2) is 4.79 Å². The third-order valence-electron chi connectivity index (χ3n) is 6.58. The third-order valence-corrected chi connectivity index (χ3v) is 6.58. The summed E-state index contributed by atoms with van der Waals surface area (Å²) in [5, 5.41) is 11.3. The standard InChI is InChI=1S/C29H25N3O5/c1-4-37-29(34)23-16-26(27(33)21-11-8-12-22(15-21)32(35)36)31-25-14-19(3)18(2)13-24(25)30(28(23)31)17-20-9-6-5-7-10-20/h5-16H,4,17H2,1-3H3. The van der Waals surface area contributed by atoms with E-state index in [9.17, 15) is 19.7 Å². The number of rotatable bonds is 7. The smallest absolute Gasteiger partial charge is 0.341 e. The molecule has 2 heterocycles. The van der Waals surface area contributed by atoms with Gasteiger partial charge < -0.3 is 9.30 Å². The summed E-state index contributed by atoms with van der Waals surface area (Å²) < 4.78 is 9.17. The lowest BCUT2D eigenvalue weighted by Gasteiger charge is -2.09. The first-order valence-electron chi connectivity index (χ1n) is 11.9. The fraction of sp³-hybridized carbons (Fsp3) is 0.172. The van der Waals surface area contributed by atoms with Crippen LogP contribution in [0.4, 0.5) is 5.69 Å². The molecule has 8 nitrogen and oxygen atoms in total. The Hall–Kier alpha value is -4.72. The summed E-state index contributed by atoms with van der Waals surface area (Å²) in [6.45, 7) is 6.39. The van der Waals surface area contributed by atoms with Crippen molar-refractivity contribution in [2.45, 2.75) is 27.3 Å². The number of nitro groups is 1. The van der Waals surface area contributed by atoms with Gasteiger partial charge in [-0.3, -0.25) is 19.3 Å². The van der Waals surface area contributed by atoms with Gasteiger partial charge in [-0.2, -0.15) is 0 Å². The molecule has 0 aliphatic rings. The lowest BCUT2D eigenvalue weighted by atomic mass is 10.1. The Balaban J connectivity index is 1.84. The van der Waals surface area contributed by atoms with Gasteiger partial charge in [0.1, 0.15) is 11.2 Å². The number of nitro benzene ring substituents is 1. The Bertz CT molecular complexity index is 1700. The average molecular weight is 496 g/mol. The molecule has 0 aliphatic carbocycles. The van der Waals surface area contributed by atoms with Crippen LogP contribution in [0.25, 0.3) is 16.7 Å². The summed E-state index contributed by atoms with van der Waals surface area (Å²) in [6.07, 6.45) is 0. The van der Waals surface area contributed by atoms with Crippen LogP contribution in [0.1, 0.15) is 50.0 Å². The number of ketones is 1. The summed E-state index contributed by atoms with van der Waals surface area (Å²) >= 11 is 0. The number of imidazole rings is 1. The molecule has 0 radical (unpaired) electrons. The Morgan fingerprint density at radius 2 is 1.62 bits per heavy atom. The summed E-state index contributed by atoms with van der Waals surface area (Å²) in [6, 6.07) is 21.1. The molecule has 0 saturated carbocycles. The molecule has 0 atom stereocenters. The zero-order chi connectivity index (χ0) is 26.3. The number of esters is 1. The van der Waals surface area contributed by atoms with Gasteiger partial charge in [-0.05, 0) is 55.7 Å². The van der Waals surface area contributed by atoms with Crippen molar-refractivity contribution in [3.63, 3.8) is 0 Å². The molecule has 3 aromatic carbocycles. The molecule has 186 valence electrons. The van der Waals surface area contributed by atoms with Crippen molar-refractivity contribution in [2.75, 3.05) is 6.61 Å². The minimum atomic E-state index is -0.538. The molecule has 0 N–H and O–H groups in total. The van der Waals surface area contributed by atoms with Crippen molar-refractivity contribution in [1.82, 2.24) is 8.97 Å². The first-order chi connectivity index (χ1) is 17.8. The van der Waals surface area contributed by atoms with Gasteiger partial charge in [0.15, 0.2) is 0 Å². The van der Waals surface area contributed by atoms with Gasteiger partial charge in [-0.1, -0.05) is 42.5 Å². The number of fused-ring (bicyclic) bond motifs is 3. The van der Waals surface area contributed by atoms with E-state index in [1.807, 2.05) is 54.8 Å². The van der Waals surface area contributed by atoms with Gasteiger partial charge >= 0.3 is 5.97 Å². The van der Waals surface area contributed by atoms with Crippen molar-refractivity contribution in [3.05, 3.63) is 116 Å². The van der Waals surface area contributed by atoms with Crippen molar-refractivity contribution < 1.29 is 19.2 Å². The van der Waals surface area contributed by atoms with E-state index in [0.717, 1.165) is 27.7 Å². The number of hydrogen-bond acceptors (Lipinski definition) is 5. The van der Waals surface area contributed by atoms with Crippen LogP contribution in [0.3, 0.4) is 0 Å². The zero-order valence-electron chi connectivity index (χ0n) is 20.7. The van der Waals surface area contributed by atoms with Gasteiger partial charge in [0.2, 0.25) is 5.78 Å². The highest BCUT2D eigenvalue weighted by molar-refractivity contribution is 6.13. The number of carbonyl (C=O) groups is 2. The van der Waals surface area contributed by atoms with Crippen LogP contribution in [0, 0.1) is 24.0 Å². The van der Waals surface area contributed by atoms with E-state index in [1.165, 1.54) is 30.3 Å². The summed E-state index contributed by atoms with van der Waals surface area (Å²) in [7, 11) is 0. The molecule has 0 unspecified atom stereocenters. The molecule has 5 rings (SSSR count). The molecule has 0 amide bonds. The summed E-state index contributed by atoms with van der Waals surface area (Å²) in [5.74, 6) is -0.963. The first kappa shape index (κ1) is 24.0. The predicted octanol–water partition coefficient (Wildman–Crippen LogP) is 5.88. The van der Waals surface area contributed by atoms with Crippen LogP contribution in [-0.2, 0) is 11.3 Å². The second-order valence-corrected chi connectivity index (χ2v) is 8.96. The van der Waals surface area contributed by atoms with E-state index in [1.54, 1.807) is 11.3 Å². The highest BCUT2D eigenvalue weighted by Gasteiger charge is 2.28. The molecule has 5 aromatic rings.